The molecule has 0 N–H and O–H groups in total. The summed E-state index contributed by atoms with van der Waals surface area (Å²) >= 11 is 0. The molecule has 0 spiro atoms. The zero-order chi connectivity index (χ0) is 17.2. The number of rotatable bonds is 3. The Labute approximate surface area is 146 Å². The molecule has 2 aliphatic rings. The lowest BCUT2D eigenvalue weighted by Gasteiger charge is -2.28. The molecular weight excluding hydrogens is 320 g/mol. The van der Waals surface area contributed by atoms with Crippen LogP contribution in [0.4, 0.5) is 5.69 Å². The summed E-state index contributed by atoms with van der Waals surface area (Å²) in [6.07, 6.45) is 3.25. The Bertz CT molecular complexity index is 792. The van der Waals surface area contributed by atoms with Gasteiger partial charge in [0.25, 0.3) is 11.8 Å². The number of carbonyl (C=O) groups excluding carboxylic acids is 2. The lowest BCUT2D eigenvalue weighted by atomic mass is 10.1. The van der Waals surface area contributed by atoms with Crippen molar-refractivity contribution in [2.75, 3.05) is 24.6 Å². The summed E-state index contributed by atoms with van der Waals surface area (Å²) in [5.74, 6) is 1.41. The molecule has 1 aromatic heterocycles. The number of carbonyl (C=O) groups is 2. The number of furan rings is 1. The second-order valence-electron chi connectivity index (χ2n) is 6.36. The SMILES string of the molecule is O=C(c1ccc(CN2C(=O)COc3ccccc32)o1)N1CCCCC1. The fourth-order valence-corrected chi connectivity index (χ4v) is 3.31. The minimum atomic E-state index is -0.126. The van der Waals surface area contributed by atoms with Crippen molar-refractivity contribution < 1.29 is 18.7 Å². The second kappa shape index (κ2) is 6.63. The number of ether oxygens (including phenoxy) is 1. The van der Waals surface area contributed by atoms with Gasteiger partial charge in [-0.15, -0.1) is 0 Å². The Kier molecular flexibility index (Phi) is 4.17. The van der Waals surface area contributed by atoms with Crippen LogP contribution < -0.4 is 9.64 Å². The number of para-hydroxylation sites is 2. The maximum Gasteiger partial charge on any atom is 0.289 e. The van der Waals surface area contributed by atoms with Gasteiger partial charge >= 0.3 is 0 Å². The van der Waals surface area contributed by atoms with Crippen molar-refractivity contribution in [3.63, 3.8) is 0 Å². The van der Waals surface area contributed by atoms with Crippen LogP contribution in [0.5, 0.6) is 5.75 Å². The normalized spacial score (nSPS) is 17.2. The summed E-state index contributed by atoms with van der Waals surface area (Å²) < 4.78 is 11.2. The van der Waals surface area contributed by atoms with Crippen LogP contribution in [0.25, 0.3) is 0 Å². The fraction of sp³-hybridized carbons (Fsp3) is 0.368. The molecule has 2 aromatic rings. The molecule has 4 rings (SSSR count). The number of anilines is 1. The first-order valence-electron chi connectivity index (χ1n) is 8.62. The second-order valence-corrected chi connectivity index (χ2v) is 6.36. The highest BCUT2D eigenvalue weighted by Gasteiger charge is 2.27. The van der Waals surface area contributed by atoms with Crippen molar-refractivity contribution >= 4 is 17.5 Å². The van der Waals surface area contributed by atoms with E-state index in [-0.39, 0.29) is 25.0 Å². The maximum atomic E-state index is 12.5. The highest BCUT2D eigenvalue weighted by atomic mass is 16.5. The van der Waals surface area contributed by atoms with Crippen LogP contribution in [0.2, 0.25) is 0 Å². The number of hydrogen-bond donors (Lipinski definition) is 0. The zero-order valence-corrected chi connectivity index (χ0v) is 13.9. The average Bonchev–Trinajstić information content (AvgIpc) is 3.13. The molecule has 0 bridgehead atoms. The van der Waals surface area contributed by atoms with E-state index in [1.807, 2.05) is 29.2 Å². The van der Waals surface area contributed by atoms with Gasteiger partial charge in [0.1, 0.15) is 11.5 Å². The molecule has 1 fully saturated rings. The van der Waals surface area contributed by atoms with E-state index < -0.39 is 0 Å². The van der Waals surface area contributed by atoms with Gasteiger partial charge in [-0.2, -0.15) is 0 Å². The molecular formula is C19H20N2O4. The van der Waals surface area contributed by atoms with Crippen molar-refractivity contribution in [1.29, 1.82) is 0 Å². The number of benzene rings is 1. The molecule has 0 aliphatic carbocycles. The van der Waals surface area contributed by atoms with E-state index in [0.717, 1.165) is 31.6 Å². The lowest BCUT2D eigenvalue weighted by Crippen LogP contribution is -2.38. The van der Waals surface area contributed by atoms with Gasteiger partial charge in [0.15, 0.2) is 12.4 Å². The molecule has 0 saturated carbocycles. The lowest BCUT2D eigenvalue weighted by molar-refractivity contribution is -0.121. The minimum Gasteiger partial charge on any atom is -0.482 e. The Morgan fingerprint density at radius 1 is 1.04 bits per heavy atom. The van der Waals surface area contributed by atoms with Crippen LogP contribution in [0.3, 0.4) is 0 Å². The van der Waals surface area contributed by atoms with E-state index in [1.54, 1.807) is 17.0 Å². The van der Waals surface area contributed by atoms with Crippen molar-refractivity contribution in [2.24, 2.45) is 0 Å². The molecule has 0 atom stereocenters. The summed E-state index contributed by atoms with van der Waals surface area (Å²) in [5, 5.41) is 0. The van der Waals surface area contributed by atoms with Crippen LogP contribution >= 0.6 is 0 Å². The Balaban J connectivity index is 1.51. The molecule has 3 heterocycles. The molecule has 130 valence electrons. The first-order chi connectivity index (χ1) is 12.2. The topological polar surface area (TPSA) is 63.0 Å². The average molecular weight is 340 g/mol. The Morgan fingerprint density at radius 3 is 2.68 bits per heavy atom. The number of amides is 2. The van der Waals surface area contributed by atoms with Crippen LogP contribution in [0.15, 0.2) is 40.8 Å². The predicted octanol–water partition coefficient (Wildman–Crippen LogP) is 2.83. The fourth-order valence-electron chi connectivity index (χ4n) is 3.31. The van der Waals surface area contributed by atoms with Gasteiger partial charge in [0.2, 0.25) is 0 Å². The van der Waals surface area contributed by atoms with Crippen LogP contribution in [0.1, 0.15) is 35.6 Å². The smallest absolute Gasteiger partial charge is 0.289 e. The molecule has 6 nitrogen and oxygen atoms in total. The highest BCUT2D eigenvalue weighted by molar-refractivity contribution is 5.97. The van der Waals surface area contributed by atoms with Crippen molar-refractivity contribution in [3.8, 4) is 5.75 Å². The first kappa shape index (κ1) is 15.7. The van der Waals surface area contributed by atoms with Crippen molar-refractivity contribution in [3.05, 3.63) is 47.9 Å². The van der Waals surface area contributed by atoms with Gasteiger partial charge in [-0.3, -0.25) is 14.5 Å². The Morgan fingerprint density at radius 2 is 1.84 bits per heavy atom. The highest BCUT2D eigenvalue weighted by Crippen LogP contribution is 2.32. The summed E-state index contributed by atoms with van der Waals surface area (Å²) in [6.45, 7) is 1.86. The molecule has 0 radical (unpaired) electrons. The van der Waals surface area contributed by atoms with Crippen LogP contribution in [-0.4, -0.2) is 36.4 Å². The largest absolute Gasteiger partial charge is 0.482 e. The van der Waals surface area contributed by atoms with Crippen LogP contribution in [-0.2, 0) is 11.3 Å². The molecule has 6 heteroatoms. The Hall–Kier alpha value is -2.76. The minimum absolute atomic E-state index is 0.0112. The molecule has 0 unspecified atom stereocenters. The van der Waals surface area contributed by atoms with Gasteiger partial charge in [-0.25, -0.2) is 0 Å². The van der Waals surface area contributed by atoms with E-state index in [9.17, 15) is 9.59 Å². The van der Waals surface area contributed by atoms with E-state index in [4.69, 9.17) is 9.15 Å². The monoisotopic (exact) mass is 340 g/mol. The summed E-state index contributed by atoms with van der Waals surface area (Å²) in [6, 6.07) is 10.9. The first-order valence-corrected chi connectivity index (χ1v) is 8.62. The third-order valence-corrected chi connectivity index (χ3v) is 4.64. The van der Waals surface area contributed by atoms with Gasteiger partial charge < -0.3 is 14.1 Å². The number of likely N-dealkylation sites (tertiary alicyclic amines) is 1. The van der Waals surface area contributed by atoms with Gasteiger partial charge in [0, 0.05) is 13.1 Å². The molecule has 1 aromatic carbocycles. The quantitative estimate of drug-likeness (QED) is 0.862. The standard InChI is InChI=1S/C19H20N2O4/c22-18-13-24-16-7-3-2-6-15(16)21(18)12-14-8-9-17(25-14)19(23)20-10-4-1-5-11-20/h2-3,6-9H,1,4-5,10-13H2. The molecule has 1 saturated heterocycles. The van der Waals surface area contributed by atoms with E-state index in [1.165, 1.54) is 6.42 Å². The summed E-state index contributed by atoms with van der Waals surface area (Å²) in [4.78, 5) is 28.2. The maximum absolute atomic E-state index is 12.5. The van der Waals surface area contributed by atoms with E-state index in [0.29, 0.717) is 17.3 Å². The predicted molar refractivity (Wildman–Crippen MR) is 91.6 cm³/mol. The summed E-state index contributed by atoms with van der Waals surface area (Å²) in [7, 11) is 0. The molecule has 25 heavy (non-hydrogen) atoms. The number of fused-ring (bicyclic) bond motifs is 1. The number of hydrogen-bond acceptors (Lipinski definition) is 4. The van der Waals surface area contributed by atoms with Crippen molar-refractivity contribution in [1.82, 2.24) is 4.90 Å². The van der Waals surface area contributed by atoms with Crippen LogP contribution in [0, 0.1) is 0 Å². The van der Waals surface area contributed by atoms with Gasteiger partial charge in [-0.1, -0.05) is 12.1 Å². The third kappa shape index (κ3) is 3.12. The van der Waals surface area contributed by atoms with E-state index in [2.05, 4.69) is 0 Å². The van der Waals surface area contributed by atoms with Gasteiger partial charge in [-0.05, 0) is 43.5 Å². The van der Waals surface area contributed by atoms with E-state index >= 15 is 0 Å². The zero-order valence-electron chi connectivity index (χ0n) is 13.9. The molecule has 2 aliphatic heterocycles. The molecule has 2 amide bonds. The van der Waals surface area contributed by atoms with Crippen molar-refractivity contribution in [2.45, 2.75) is 25.8 Å². The number of nitrogens with zero attached hydrogens (tertiary/aromatic N) is 2. The third-order valence-electron chi connectivity index (χ3n) is 4.64. The summed E-state index contributed by atoms with van der Waals surface area (Å²) in [5.41, 5.74) is 0.721. The number of piperidine rings is 1. The van der Waals surface area contributed by atoms with Gasteiger partial charge in [0.05, 0.1) is 12.2 Å².